The van der Waals surface area contributed by atoms with Crippen LogP contribution in [-0.2, 0) is 4.79 Å². The number of amides is 1. The third kappa shape index (κ3) is 5.26. The molecule has 4 nitrogen and oxygen atoms in total. The number of likely N-dealkylation sites (tertiary alicyclic amines) is 1. The number of nitrogens with one attached hydrogen (secondary N) is 1. The van der Waals surface area contributed by atoms with E-state index in [1.165, 1.54) is 44.0 Å². The summed E-state index contributed by atoms with van der Waals surface area (Å²) in [6, 6.07) is 14.4. The fourth-order valence-corrected chi connectivity index (χ4v) is 4.67. The second kappa shape index (κ2) is 9.42. The molecule has 0 aromatic heterocycles. The van der Waals surface area contributed by atoms with E-state index in [1.807, 2.05) is 30.3 Å². The van der Waals surface area contributed by atoms with Gasteiger partial charge in [0.1, 0.15) is 5.75 Å². The van der Waals surface area contributed by atoms with Crippen LogP contribution in [0, 0.1) is 5.92 Å². The summed E-state index contributed by atoms with van der Waals surface area (Å²) in [4.78, 5) is 14.9. The van der Waals surface area contributed by atoms with E-state index in [-0.39, 0.29) is 18.6 Å². The highest BCUT2D eigenvalue weighted by molar-refractivity contribution is 5.84. The first kappa shape index (κ1) is 19.3. The molecule has 1 heterocycles. The number of piperidine rings is 1. The number of benzene rings is 2. The molecule has 28 heavy (non-hydrogen) atoms. The first-order valence-electron chi connectivity index (χ1n) is 10.9. The Bertz CT molecular complexity index is 777. The second-order valence-corrected chi connectivity index (χ2v) is 8.44. The molecular weight excluding hydrogens is 348 g/mol. The molecule has 0 unspecified atom stereocenters. The highest BCUT2D eigenvalue weighted by Crippen LogP contribution is 2.25. The minimum absolute atomic E-state index is 0.0149. The number of hydrogen-bond acceptors (Lipinski definition) is 3. The molecule has 4 heteroatoms. The normalized spacial score (nSPS) is 19.6. The van der Waals surface area contributed by atoms with Crippen molar-refractivity contribution in [2.75, 3.05) is 26.2 Å². The minimum Gasteiger partial charge on any atom is -0.484 e. The summed E-state index contributed by atoms with van der Waals surface area (Å²) < 4.78 is 5.72. The van der Waals surface area contributed by atoms with Crippen molar-refractivity contribution in [3.05, 3.63) is 42.5 Å². The molecule has 0 atom stereocenters. The van der Waals surface area contributed by atoms with Crippen molar-refractivity contribution in [2.24, 2.45) is 5.92 Å². The largest absolute Gasteiger partial charge is 0.484 e. The summed E-state index contributed by atoms with van der Waals surface area (Å²) in [6.45, 7) is 3.55. The lowest BCUT2D eigenvalue weighted by molar-refractivity contribution is -0.124. The molecule has 0 bridgehead atoms. The molecule has 2 fully saturated rings. The van der Waals surface area contributed by atoms with Gasteiger partial charge >= 0.3 is 0 Å². The smallest absolute Gasteiger partial charge is 0.258 e. The van der Waals surface area contributed by atoms with Gasteiger partial charge in [0, 0.05) is 25.7 Å². The van der Waals surface area contributed by atoms with E-state index in [2.05, 4.69) is 22.3 Å². The molecule has 4 rings (SSSR count). The van der Waals surface area contributed by atoms with E-state index in [4.69, 9.17) is 4.74 Å². The van der Waals surface area contributed by atoms with E-state index in [1.54, 1.807) is 0 Å². The number of rotatable bonds is 6. The van der Waals surface area contributed by atoms with Crippen molar-refractivity contribution < 1.29 is 9.53 Å². The van der Waals surface area contributed by atoms with Crippen LogP contribution in [0.2, 0.25) is 0 Å². The highest BCUT2D eigenvalue weighted by atomic mass is 16.5. The molecule has 1 aliphatic carbocycles. The van der Waals surface area contributed by atoms with Crippen molar-refractivity contribution >= 4 is 16.7 Å². The van der Waals surface area contributed by atoms with Crippen molar-refractivity contribution in [2.45, 2.75) is 51.0 Å². The summed E-state index contributed by atoms with van der Waals surface area (Å²) in [5.74, 6) is 1.63. The van der Waals surface area contributed by atoms with Gasteiger partial charge in [-0.05, 0) is 54.5 Å². The molecule has 0 spiro atoms. The topological polar surface area (TPSA) is 41.6 Å². The Morgan fingerprint density at radius 2 is 1.71 bits per heavy atom. The SMILES string of the molecule is O=C(COc1ccc2ccccc2c1)NC1CCN(CC2CCCCC2)CC1. The molecule has 2 aromatic carbocycles. The number of fused-ring (bicyclic) bond motifs is 1. The molecule has 1 saturated carbocycles. The third-order valence-electron chi connectivity index (χ3n) is 6.28. The lowest BCUT2D eigenvalue weighted by atomic mass is 9.88. The van der Waals surface area contributed by atoms with Crippen LogP contribution in [0.5, 0.6) is 5.75 Å². The van der Waals surface area contributed by atoms with E-state index < -0.39 is 0 Å². The third-order valence-corrected chi connectivity index (χ3v) is 6.28. The molecule has 1 N–H and O–H groups in total. The Kier molecular flexibility index (Phi) is 6.48. The Morgan fingerprint density at radius 3 is 2.50 bits per heavy atom. The fourth-order valence-electron chi connectivity index (χ4n) is 4.67. The van der Waals surface area contributed by atoms with Gasteiger partial charge in [0.25, 0.3) is 5.91 Å². The fraction of sp³-hybridized carbons (Fsp3) is 0.542. The molecule has 150 valence electrons. The number of hydrogen-bond donors (Lipinski definition) is 1. The van der Waals surface area contributed by atoms with Crippen LogP contribution in [0.15, 0.2) is 42.5 Å². The van der Waals surface area contributed by atoms with Gasteiger partial charge in [0.2, 0.25) is 0 Å². The number of ether oxygens (including phenoxy) is 1. The number of carbonyl (C=O) groups is 1. The van der Waals surface area contributed by atoms with Gasteiger partial charge in [-0.15, -0.1) is 0 Å². The minimum atomic E-state index is -0.0149. The van der Waals surface area contributed by atoms with Crippen LogP contribution < -0.4 is 10.1 Å². The zero-order valence-electron chi connectivity index (χ0n) is 16.7. The van der Waals surface area contributed by atoms with Gasteiger partial charge in [-0.3, -0.25) is 4.79 Å². The van der Waals surface area contributed by atoms with E-state index in [9.17, 15) is 4.79 Å². The van der Waals surface area contributed by atoms with Crippen LogP contribution >= 0.6 is 0 Å². The van der Waals surface area contributed by atoms with Crippen molar-refractivity contribution in [3.63, 3.8) is 0 Å². The van der Waals surface area contributed by atoms with Gasteiger partial charge in [-0.1, -0.05) is 49.6 Å². The van der Waals surface area contributed by atoms with Crippen LogP contribution in [0.4, 0.5) is 0 Å². The lowest BCUT2D eigenvalue weighted by Gasteiger charge is -2.35. The second-order valence-electron chi connectivity index (χ2n) is 8.44. The van der Waals surface area contributed by atoms with Gasteiger partial charge in [-0.25, -0.2) is 0 Å². The lowest BCUT2D eigenvalue weighted by Crippen LogP contribution is -2.47. The average Bonchev–Trinajstić information content (AvgIpc) is 2.74. The van der Waals surface area contributed by atoms with Crippen LogP contribution in [0.3, 0.4) is 0 Å². The van der Waals surface area contributed by atoms with Gasteiger partial charge < -0.3 is 15.0 Å². The Balaban J connectivity index is 1.18. The van der Waals surface area contributed by atoms with Gasteiger partial charge in [0.05, 0.1) is 0 Å². The summed E-state index contributed by atoms with van der Waals surface area (Å²) >= 11 is 0. The monoisotopic (exact) mass is 380 g/mol. The molecule has 2 aromatic rings. The van der Waals surface area contributed by atoms with E-state index in [0.29, 0.717) is 0 Å². The van der Waals surface area contributed by atoms with Crippen LogP contribution in [0.25, 0.3) is 10.8 Å². The maximum Gasteiger partial charge on any atom is 0.258 e. The number of nitrogens with zero attached hydrogens (tertiary/aromatic N) is 1. The molecule has 1 saturated heterocycles. The Labute approximate surface area is 168 Å². The molecule has 1 amide bonds. The standard InChI is InChI=1S/C24H32N2O2/c27-24(18-28-23-11-10-20-8-4-5-9-21(20)16-23)25-22-12-14-26(15-13-22)17-19-6-2-1-3-7-19/h4-5,8-11,16,19,22H,1-3,6-7,12-15,17-18H2,(H,25,27). The quantitative estimate of drug-likeness (QED) is 0.809. The predicted octanol–water partition coefficient (Wildman–Crippen LogP) is 4.38. The van der Waals surface area contributed by atoms with Crippen LogP contribution in [-0.4, -0.2) is 43.1 Å². The van der Waals surface area contributed by atoms with Crippen molar-refractivity contribution in [1.82, 2.24) is 10.2 Å². The first-order chi connectivity index (χ1) is 13.8. The summed E-state index contributed by atoms with van der Waals surface area (Å²) in [7, 11) is 0. The zero-order chi connectivity index (χ0) is 19.2. The van der Waals surface area contributed by atoms with Crippen molar-refractivity contribution in [1.29, 1.82) is 0 Å². The summed E-state index contributed by atoms with van der Waals surface area (Å²) in [6.07, 6.45) is 9.16. The number of carbonyl (C=O) groups excluding carboxylic acids is 1. The van der Waals surface area contributed by atoms with E-state index >= 15 is 0 Å². The first-order valence-corrected chi connectivity index (χ1v) is 10.9. The van der Waals surface area contributed by atoms with Gasteiger partial charge in [0.15, 0.2) is 6.61 Å². The molecule has 2 aliphatic rings. The molecule has 0 radical (unpaired) electrons. The Hall–Kier alpha value is -2.07. The molecule has 1 aliphatic heterocycles. The molecular formula is C24H32N2O2. The summed E-state index contributed by atoms with van der Waals surface area (Å²) in [5, 5.41) is 5.47. The van der Waals surface area contributed by atoms with Gasteiger partial charge in [-0.2, -0.15) is 0 Å². The predicted molar refractivity (Wildman–Crippen MR) is 114 cm³/mol. The summed E-state index contributed by atoms with van der Waals surface area (Å²) in [5.41, 5.74) is 0. The Morgan fingerprint density at radius 1 is 0.964 bits per heavy atom. The maximum atomic E-state index is 12.3. The average molecular weight is 381 g/mol. The highest BCUT2D eigenvalue weighted by Gasteiger charge is 2.23. The van der Waals surface area contributed by atoms with Crippen molar-refractivity contribution in [3.8, 4) is 5.75 Å². The van der Waals surface area contributed by atoms with E-state index in [0.717, 1.165) is 43.0 Å². The zero-order valence-corrected chi connectivity index (χ0v) is 16.7. The maximum absolute atomic E-state index is 12.3. The van der Waals surface area contributed by atoms with Crippen LogP contribution in [0.1, 0.15) is 44.9 Å².